The molecule has 1 aliphatic rings. The molecule has 3 rings (SSSR count). The summed E-state index contributed by atoms with van der Waals surface area (Å²) in [5, 5.41) is 1.94. The number of nitrogens with zero attached hydrogens (tertiary/aromatic N) is 1. The lowest BCUT2D eigenvalue weighted by atomic mass is 9.93. The van der Waals surface area contributed by atoms with Crippen molar-refractivity contribution >= 4 is 28.4 Å². The Balaban J connectivity index is 1.66. The number of rotatable bonds is 3. The Bertz CT molecular complexity index is 669. The van der Waals surface area contributed by atoms with Crippen molar-refractivity contribution in [3.63, 3.8) is 0 Å². The number of carbonyl (C=O) groups is 1. The molecule has 0 atom stereocenters. The van der Waals surface area contributed by atoms with E-state index >= 15 is 0 Å². The van der Waals surface area contributed by atoms with Gasteiger partial charge in [0.1, 0.15) is 0 Å². The number of halogens is 1. The maximum Gasteiger partial charge on any atom is 0.222 e. The molecule has 1 amide bonds. The second kappa shape index (κ2) is 6.33. The van der Waals surface area contributed by atoms with Gasteiger partial charge in [-0.05, 0) is 43.0 Å². The minimum atomic E-state index is 0.303. The Morgan fingerprint density at radius 3 is 2.73 bits per heavy atom. The molecule has 4 heteroatoms. The highest BCUT2D eigenvalue weighted by Crippen LogP contribution is 2.31. The molecule has 1 aromatic carbocycles. The number of hydrogen-bond acceptors (Lipinski definition) is 1. The molecule has 2 heterocycles. The van der Waals surface area contributed by atoms with E-state index in [4.69, 9.17) is 11.6 Å². The number of benzene rings is 1. The number of H-pyrrole nitrogens is 1. The molecule has 0 unspecified atom stereocenters. The minimum absolute atomic E-state index is 0.303. The molecule has 3 nitrogen and oxygen atoms in total. The van der Waals surface area contributed by atoms with Crippen molar-refractivity contribution < 1.29 is 4.79 Å². The lowest BCUT2D eigenvalue weighted by Gasteiger charge is -2.32. The number of likely N-dealkylation sites (tertiary alicyclic amines) is 1. The predicted octanol–water partition coefficient (Wildman–Crippen LogP) is 4.57. The average molecular weight is 319 g/mol. The molecule has 0 spiro atoms. The maximum absolute atomic E-state index is 12.1. The molecule has 118 valence electrons. The van der Waals surface area contributed by atoms with Crippen LogP contribution in [0.15, 0.2) is 24.3 Å². The van der Waals surface area contributed by atoms with Gasteiger partial charge in [0.25, 0.3) is 0 Å². The monoisotopic (exact) mass is 318 g/mol. The summed E-state index contributed by atoms with van der Waals surface area (Å²) >= 11 is 6.05. The summed E-state index contributed by atoms with van der Waals surface area (Å²) in [6, 6.07) is 8.15. The summed E-state index contributed by atoms with van der Waals surface area (Å²) in [5.74, 6) is 1.25. The van der Waals surface area contributed by atoms with E-state index in [0.29, 0.717) is 24.2 Å². The van der Waals surface area contributed by atoms with Crippen LogP contribution in [-0.2, 0) is 4.79 Å². The molecule has 0 radical (unpaired) electrons. The summed E-state index contributed by atoms with van der Waals surface area (Å²) in [6.45, 7) is 5.93. The van der Waals surface area contributed by atoms with Gasteiger partial charge in [0.15, 0.2) is 0 Å². The SMILES string of the molecule is CC(C)CC(=O)N1CCC(c2cc3cc(Cl)ccc3[nH]2)CC1. The van der Waals surface area contributed by atoms with E-state index in [1.807, 2.05) is 23.1 Å². The van der Waals surface area contributed by atoms with Gasteiger partial charge in [0.05, 0.1) is 0 Å². The number of fused-ring (bicyclic) bond motifs is 1. The molecular formula is C18H23ClN2O. The van der Waals surface area contributed by atoms with Gasteiger partial charge in [0.2, 0.25) is 5.91 Å². The Labute approximate surface area is 136 Å². The highest BCUT2D eigenvalue weighted by molar-refractivity contribution is 6.31. The van der Waals surface area contributed by atoms with Gasteiger partial charge in [-0.3, -0.25) is 4.79 Å². The summed E-state index contributed by atoms with van der Waals surface area (Å²) < 4.78 is 0. The zero-order valence-corrected chi connectivity index (χ0v) is 14.0. The van der Waals surface area contributed by atoms with Crippen LogP contribution in [-0.4, -0.2) is 28.9 Å². The van der Waals surface area contributed by atoms with Crippen LogP contribution < -0.4 is 0 Å². The fourth-order valence-corrected chi connectivity index (χ4v) is 3.44. The first-order valence-electron chi connectivity index (χ1n) is 8.09. The standard InChI is InChI=1S/C18H23ClN2O/c1-12(2)9-18(22)21-7-5-13(6-8-21)17-11-14-10-15(19)3-4-16(14)20-17/h3-4,10-13,20H,5-9H2,1-2H3. The molecule has 1 aromatic heterocycles. The molecule has 22 heavy (non-hydrogen) atoms. The first kappa shape index (κ1) is 15.4. The van der Waals surface area contributed by atoms with Gasteiger partial charge in [-0.2, -0.15) is 0 Å². The molecule has 1 aliphatic heterocycles. The van der Waals surface area contributed by atoms with E-state index in [-0.39, 0.29) is 0 Å². The fraction of sp³-hybridized carbons (Fsp3) is 0.500. The molecule has 0 aliphatic carbocycles. The van der Waals surface area contributed by atoms with Gasteiger partial charge in [-0.25, -0.2) is 0 Å². The van der Waals surface area contributed by atoms with Crippen LogP contribution in [0.1, 0.15) is 44.7 Å². The van der Waals surface area contributed by atoms with Crippen LogP contribution in [0, 0.1) is 5.92 Å². The van der Waals surface area contributed by atoms with Crippen LogP contribution in [0.4, 0.5) is 0 Å². The Morgan fingerprint density at radius 2 is 2.05 bits per heavy atom. The Hall–Kier alpha value is -1.48. The zero-order chi connectivity index (χ0) is 15.7. The van der Waals surface area contributed by atoms with Crippen molar-refractivity contribution in [2.75, 3.05) is 13.1 Å². The second-order valence-corrected chi connectivity index (χ2v) is 7.15. The third-order valence-corrected chi connectivity index (χ3v) is 4.71. The van der Waals surface area contributed by atoms with Gasteiger partial charge in [-0.1, -0.05) is 25.4 Å². The van der Waals surface area contributed by atoms with Crippen molar-refractivity contribution in [1.82, 2.24) is 9.88 Å². The maximum atomic E-state index is 12.1. The van der Waals surface area contributed by atoms with E-state index in [2.05, 4.69) is 24.9 Å². The summed E-state index contributed by atoms with van der Waals surface area (Å²) in [6.07, 6.45) is 2.73. The average Bonchev–Trinajstić information content (AvgIpc) is 2.89. The largest absolute Gasteiger partial charge is 0.358 e. The molecular weight excluding hydrogens is 296 g/mol. The van der Waals surface area contributed by atoms with Crippen LogP contribution >= 0.6 is 11.6 Å². The van der Waals surface area contributed by atoms with Gasteiger partial charge >= 0.3 is 0 Å². The van der Waals surface area contributed by atoms with Crippen LogP contribution in [0.3, 0.4) is 0 Å². The van der Waals surface area contributed by atoms with E-state index < -0.39 is 0 Å². The fourth-order valence-electron chi connectivity index (χ4n) is 3.26. The zero-order valence-electron chi connectivity index (χ0n) is 13.2. The highest BCUT2D eigenvalue weighted by atomic mass is 35.5. The summed E-state index contributed by atoms with van der Waals surface area (Å²) in [7, 11) is 0. The number of piperidine rings is 1. The molecule has 1 saturated heterocycles. The van der Waals surface area contributed by atoms with Crippen molar-refractivity contribution in [2.24, 2.45) is 5.92 Å². The normalized spacial score (nSPS) is 16.6. The Kier molecular flexibility index (Phi) is 4.44. The van der Waals surface area contributed by atoms with Gasteiger partial charge in [0, 0.05) is 47.0 Å². The van der Waals surface area contributed by atoms with E-state index in [1.165, 1.54) is 11.1 Å². The number of nitrogens with one attached hydrogen (secondary N) is 1. The Morgan fingerprint density at radius 1 is 1.32 bits per heavy atom. The molecule has 1 fully saturated rings. The quantitative estimate of drug-likeness (QED) is 0.884. The van der Waals surface area contributed by atoms with E-state index in [0.717, 1.165) is 36.5 Å². The molecule has 0 saturated carbocycles. The van der Waals surface area contributed by atoms with Crippen LogP contribution in [0.2, 0.25) is 5.02 Å². The molecule has 0 bridgehead atoms. The molecule has 1 N–H and O–H groups in total. The van der Waals surface area contributed by atoms with Crippen LogP contribution in [0.5, 0.6) is 0 Å². The van der Waals surface area contributed by atoms with E-state index in [1.54, 1.807) is 0 Å². The number of aromatic amines is 1. The van der Waals surface area contributed by atoms with Crippen molar-refractivity contribution in [3.05, 3.63) is 35.0 Å². The van der Waals surface area contributed by atoms with Crippen molar-refractivity contribution in [3.8, 4) is 0 Å². The second-order valence-electron chi connectivity index (χ2n) is 6.71. The van der Waals surface area contributed by atoms with E-state index in [9.17, 15) is 4.79 Å². The highest BCUT2D eigenvalue weighted by Gasteiger charge is 2.25. The van der Waals surface area contributed by atoms with Gasteiger partial charge in [-0.15, -0.1) is 0 Å². The van der Waals surface area contributed by atoms with Crippen molar-refractivity contribution in [1.29, 1.82) is 0 Å². The number of hydrogen-bond donors (Lipinski definition) is 1. The topological polar surface area (TPSA) is 36.1 Å². The number of amides is 1. The third kappa shape index (κ3) is 3.30. The predicted molar refractivity (Wildman–Crippen MR) is 91.3 cm³/mol. The summed E-state index contributed by atoms with van der Waals surface area (Å²) in [5.41, 5.74) is 2.41. The van der Waals surface area contributed by atoms with Gasteiger partial charge < -0.3 is 9.88 Å². The lowest BCUT2D eigenvalue weighted by Crippen LogP contribution is -2.38. The number of aromatic nitrogens is 1. The minimum Gasteiger partial charge on any atom is -0.358 e. The molecule has 2 aromatic rings. The number of carbonyl (C=O) groups excluding carboxylic acids is 1. The summed E-state index contributed by atoms with van der Waals surface area (Å²) in [4.78, 5) is 17.7. The first-order chi connectivity index (χ1) is 10.5. The van der Waals surface area contributed by atoms with Crippen LogP contribution in [0.25, 0.3) is 10.9 Å². The van der Waals surface area contributed by atoms with Crippen molar-refractivity contribution in [2.45, 2.75) is 39.0 Å². The smallest absolute Gasteiger partial charge is 0.222 e. The first-order valence-corrected chi connectivity index (χ1v) is 8.46. The lowest BCUT2D eigenvalue weighted by molar-refractivity contribution is -0.133. The third-order valence-electron chi connectivity index (χ3n) is 4.47.